The molecule has 1 fully saturated rings. The van der Waals surface area contributed by atoms with Crippen molar-refractivity contribution in [1.29, 1.82) is 0 Å². The van der Waals surface area contributed by atoms with Crippen molar-refractivity contribution in [3.8, 4) is 0 Å². The third kappa shape index (κ3) is 3.09. The SMILES string of the molecule is C[C@@H]1CC[C@@](CC(=O)O)(Cc2ccccc2)C1. The van der Waals surface area contributed by atoms with Crippen molar-refractivity contribution < 1.29 is 9.90 Å². The maximum atomic E-state index is 11.1. The molecule has 0 heterocycles. The van der Waals surface area contributed by atoms with Gasteiger partial charge < -0.3 is 5.11 Å². The number of hydrogen-bond acceptors (Lipinski definition) is 1. The first kappa shape index (κ1) is 12.2. The van der Waals surface area contributed by atoms with Crippen LogP contribution < -0.4 is 0 Å². The van der Waals surface area contributed by atoms with E-state index in [4.69, 9.17) is 5.11 Å². The third-order valence-electron chi connectivity index (χ3n) is 3.90. The first-order valence-electron chi connectivity index (χ1n) is 6.35. The highest BCUT2D eigenvalue weighted by Gasteiger charge is 2.39. The van der Waals surface area contributed by atoms with Gasteiger partial charge in [-0.05, 0) is 36.2 Å². The Morgan fingerprint density at radius 2 is 2.12 bits per heavy atom. The summed E-state index contributed by atoms with van der Waals surface area (Å²) >= 11 is 0. The molecule has 0 amide bonds. The van der Waals surface area contributed by atoms with E-state index in [9.17, 15) is 4.79 Å². The van der Waals surface area contributed by atoms with Crippen molar-refractivity contribution in [3.05, 3.63) is 35.9 Å². The maximum absolute atomic E-state index is 11.1. The Bertz CT molecular complexity index is 385. The standard InChI is InChI=1S/C15H20O2/c1-12-7-8-15(9-12,11-14(16)17)10-13-5-3-2-4-6-13/h2-6,12H,7-11H2,1H3,(H,16,17)/t12-,15+/m1/s1. The van der Waals surface area contributed by atoms with E-state index in [1.807, 2.05) is 18.2 Å². The molecule has 1 aliphatic carbocycles. The van der Waals surface area contributed by atoms with Gasteiger partial charge in [0, 0.05) is 0 Å². The van der Waals surface area contributed by atoms with Crippen molar-refractivity contribution in [2.45, 2.75) is 39.0 Å². The summed E-state index contributed by atoms with van der Waals surface area (Å²) in [7, 11) is 0. The average Bonchev–Trinajstić information content (AvgIpc) is 2.60. The molecule has 1 aromatic rings. The largest absolute Gasteiger partial charge is 0.481 e. The van der Waals surface area contributed by atoms with Gasteiger partial charge in [0.15, 0.2) is 0 Å². The molecular formula is C15H20O2. The molecule has 2 heteroatoms. The molecule has 1 saturated carbocycles. The van der Waals surface area contributed by atoms with Crippen LogP contribution in [0, 0.1) is 11.3 Å². The number of carboxylic acid groups (broad SMARTS) is 1. The van der Waals surface area contributed by atoms with Crippen molar-refractivity contribution in [1.82, 2.24) is 0 Å². The first-order chi connectivity index (χ1) is 8.10. The van der Waals surface area contributed by atoms with Crippen LogP contribution in [-0.2, 0) is 11.2 Å². The second kappa shape index (κ2) is 4.91. The number of rotatable bonds is 4. The molecule has 0 spiro atoms. The van der Waals surface area contributed by atoms with E-state index in [0.29, 0.717) is 12.3 Å². The molecule has 92 valence electrons. The minimum absolute atomic E-state index is 0.00734. The van der Waals surface area contributed by atoms with Crippen molar-refractivity contribution in [2.75, 3.05) is 0 Å². The van der Waals surface area contributed by atoms with Crippen LogP contribution in [0.3, 0.4) is 0 Å². The molecule has 2 atom stereocenters. The molecule has 0 unspecified atom stereocenters. The maximum Gasteiger partial charge on any atom is 0.303 e. The molecule has 0 bridgehead atoms. The molecule has 17 heavy (non-hydrogen) atoms. The van der Waals surface area contributed by atoms with Crippen LogP contribution >= 0.6 is 0 Å². The van der Waals surface area contributed by atoms with Crippen LogP contribution in [-0.4, -0.2) is 11.1 Å². The van der Waals surface area contributed by atoms with Gasteiger partial charge in [0.25, 0.3) is 0 Å². The number of carbonyl (C=O) groups is 1. The van der Waals surface area contributed by atoms with E-state index in [-0.39, 0.29) is 5.41 Å². The molecular weight excluding hydrogens is 212 g/mol. The number of carboxylic acids is 1. The lowest BCUT2D eigenvalue weighted by Gasteiger charge is -2.27. The van der Waals surface area contributed by atoms with Crippen molar-refractivity contribution in [2.24, 2.45) is 11.3 Å². The van der Waals surface area contributed by atoms with Gasteiger partial charge in [-0.3, -0.25) is 4.79 Å². The molecule has 1 aliphatic rings. The number of aliphatic carboxylic acids is 1. The summed E-state index contributed by atoms with van der Waals surface area (Å²) in [6.07, 6.45) is 4.49. The highest BCUT2D eigenvalue weighted by molar-refractivity contribution is 5.67. The van der Waals surface area contributed by atoms with Gasteiger partial charge in [-0.15, -0.1) is 0 Å². The number of hydrogen-bond donors (Lipinski definition) is 1. The zero-order chi connectivity index (χ0) is 12.3. The smallest absolute Gasteiger partial charge is 0.303 e. The van der Waals surface area contributed by atoms with Gasteiger partial charge in [0.05, 0.1) is 6.42 Å². The minimum atomic E-state index is -0.657. The summed E-state index contributed by atoms with van der Waals surface area (Å²) in [5.74, 6) is 0.00749. The fourth-order valence-electron chi connectivity index (χ4n) is 3.23. The molecule has 2 nitrogen and oxygen atoms in total. The third-order valence-corrected chi connectivity index (χ3v) is 3.90. The van der Waals surface area contributed by atoms with Crippen LogP contribution in [0.5, 0.6) is 0 Å². The predicted octanol–water partition coefficient (Wildman–Crippen LogP) is 3.51. The van der Waals surface area contributed by atoms with E-state index in [2.05, 4.69) is 19.1 Å². The van der Waals surface area contributed by atoms with E-state index < -0.39 is 5.97 Å². The summed E-state index contributed by atoms with van der Waals surface area (Å²) < 4.78 is 0. The van der Waals surface area contributed by atoms with Crippen molar-refractivity contribution in [3.63, 3.8) is 0 Å². The Hall–Kier alpha value is -1.31. The summed E-state index contributed by atoms with van der Waals surface area (Å²) in [6, 6.07) is 10.3. The van der Waals surface area contributed by atoms with E-state index in [1.165, 1.54) is 12.0 Å². The second-order valence-electron chi connectivity index (χ2n) is 5.58. The zero-order valence-corrected chi connectivity index (χ0v) is 10.4. The lowest BCUT2D eigenvalue weighted by Crippen LogP contribution is -2.24. The Labute approximate surface area is 103 Å². The van der Waals surface area contributed by atoms with Gasteiger partial charge in [-0.1, -0.05) is 43.7 Å². The summed E-state index contributed by atoms with van der Waals surface area (Å²) in [4.78, 5) is 11.1. The Morgan fingerprint density at radius 3 is 2.65 bits per heavy atom. The molecule has 1 N–H and O–H groups in total. The van der Waals surface area contributed by atoms with Gasteiger partial charge in [0.1, 0.15) is 0 Å². The van der Waals surface area contributed by atoms with Crippen molar-refractivity contribution >= 4 is 5.97 Å². The molecule has 0 radical (unpaired) electrons. The van der Waals surface area contributed by atoms with Gasteiger partial charge in [0.2, 0.25) is 0 Å². The summed E-state index contributed by atoms with van der Waals surface area (Å²) in [5, 5.41) is 9.10. The summed E-state index contributed by atoms with van der Waals surface area (Å²) in [6.45, 7) is 2.23. The monoisotopic (exact) mass is 232 g/mol. The molecule has 0 aliphatic heterocycles. The van der Waals surface area contributed by atoms with E-state index >= 15 is 0 Å². The first-order valence-corrected chi connectivity index (χ1v) is 6.35. The fourth-order valence-corrected chi connectivity index (χ4v) is 3.23. The zero-order valence-electron chi connectivity index (χ0n) is 10.4. The van der Waals surface area contributed by atoms with Crippen LogP contribution in [0.4, 0.5) is 0 Å². The normalized spacial score (nSPS) is 28.2. The van der Waals surface area contributed by atoms with Gasteiger partial charge in [-0.2, -0.15) is 0 Å². The quantitative estimate of drug-likeness (QED) is 0.862. The molecule has 1 aromatic carbocycles. The highest BCUT2D eigenvalue weighted by atomic mass is 16.4. The van der Waals surface area contributed by atoms with Gasteiger partial charge in [-0.25, -0.2) is 0 Å². The van der Waals surface area contributed by atoms with Crippen LogP contribution in [0.15, 0.2) is 30.3 Å². The molecule has 2 rings (SSSR count). The fraction of sp³-hybridized carbons (Fsp3) is 0.533. The Morgan fingerprint density at radius 1 is 1.41 bits per heavy atom. The number of benzene rings is 1. The van der Waals surface area contributed by atoms with Crippen LogP contribution in [0.1, 0.15) is 38.2 Å². The van der Waals surface area contributed by atoms with Crippen LogP contribution in [0.2, 0.25) is 0 Å². The predicted molar refractivity (Wildman–Crippen MR) is 67.8 cm³/mol. The topological polar surface area (TPSA) is 37.3 Å². The van der Waals surface area contributed by atoms with E-state index in [0.717, 1.165) is 19.3 Å². The Kier molecular flexibility index (Phi) is 3.51. The minimum Gasteiger partial charge on any atom is -0.481 e. The lowest BCUT2D eigenvalue weighted by molar-refractivity contribution is -0.139. The Balaban J connectivity index is 2.14. The molecule has 0 aromatic heterocycles. The second-order valence-corrected chi connectivity index (χ2v) is 5.58. The van der Waals surface area contributed by atoms with Gasteiger partial charge >= 0.3 is 5.97 Å². The average molecular weight is 232 g/mol. The van der Waals surface area contributed by atoms with E-state index in [1.54, 1.807) is 0 Å². The lowest BCUT2D eigenvalue weighted by atomic mass is 9.76. The highest BCUT2D eigenvalue weighted by Crippen LogP contribution is 2.46. The molecule has 0 saturated heterocycles. The summed E-state index contributed by atoms with van der Waals surface area (Å²) in [5.41, 5.74) is 1.26. The van der Waals surface area contributed by atoms with Crippen LogP contribution in [0.25, 0.3) is 0 Å².